The first-order valence-corrected chi connectivity index (χ1v) is 11.1. The van der Waals surface area contributed by atoms with E-state index in [-0.39, 0.29) is 17.5 Å². The van der Waals surface area contributed by atoms with Crippen LogP contribution in [0.25, 0.3) is 6.08 Å². The van der Waals surface area contributed by atoms with Crippen LogP contribution in [0.3, 0.4) is 0 Å². The van der Waals surface area contributed by atoms with Gasteiger partial charge in [-0.2, -0.15) is 0 Å². The predicted molar refractivity (Wildman–Crippen MR) is 132 cm³/mol. The molecule has 2 N–H and O–H groups in total. The summed E-state index contributed by atoms with van der Waals surface area (Å²) in [5.74, 6) is -0.474. The molecule has 0 radical (unpaired) electrons. The maximum absolute atomic E-state index is 12.6. The van der Waals surface area contributed by atoms with E-state index >= 15 is 0 Å². The number of aryl methyl sites for hydroxylation is 1. The number of thioether (sulfide) groups is 1. The lowest BCUT2D eigenvalue weighted by atomic mass is 10.2. The Balaban J connectivity index is 1.59. The summed E-state index contributed by atoms with van der Waals surface area (Å²) in [6, 6.07) is 21.1. The molecule has 0 bridgehead atoms. The van der Waals surface area contributed by atoms with Gasteiger partial charge in [0, 0.05) is 34.5 Å². The Morgan fingerprint density at radius 1 is 1.00 bits per heavy atom. The number of benzene rings is 3. The van der Waals surface area contributed by atoms with Crippen LogP contribution in [0.15, 0.2) is 83.8 Å². The van der Waals surface area contributed by atoms with Gasteiger partial charge in [-0.1, -0.05) is 36.4 Å². The lowest BCUT2D eigenvalue weighted by Gasteiger charge is -2.14. The van der Waals surface area contributed by atoms with Gasteiger partial charge >= 0.3 is 0 Å². The van der Waals surface area contributed by atoms with Crippen molar-refractivity contribution in [3.8, 4) is 0 Å². The molecule has 3 aromatic carbocycles. The molecule has 0 fully saturated rings. The van der Waals surface area contributed by atoms with Crippen LogP contribution in [0, 0.1) is 17.0 Å². The van der Waals surface area contributed by atoms with Crippen molar-refractivity contribution < 1.29 is 14.5 Å². The van der Waals surface area contributed by atoms with Gasteiger partial charge in [0.15, 0.2) is 0 Å². The predicted octanol–water partition coefficient (Wildman–Crippen LogP) is 5.67. The van der Waals surface area contributed by atoms with Gasteiger partial charge in [-0.3, -0.25) is 19.7 Å². The summed E-state index contributed by atoms with van der Waals surface area (Å²) >= 11 is 1.35. The number of nitro benzene ring substituents is 1. The Morgan fingerprint density at radius 2 is 1.76 bits per heavy atom. The molecule has 0 heterocycles. The molecular formula is C25H23N3O4S. The third-order valence-electron chi connectivity index (χ3n) is 4.69. The van der Waals surface area contributed by atoms with Crippen molar-refractivity contribution in [3.63, 3.8) is 0 Å². The molecule has 3 aromatic rings. The average molecular weight is 462 g/mol. The van der Waals surface area contributed by atoms with Crippen LogP contribution in [-0.4, -0.2) is 22.0 Å². The van der Waals surface area contributed by atoms with E-state index in [2.05, 4.69) is 10.6 Å². The minimum Gasteiger partial charge on any atom is -0.325 e. The van der Waals surface area contributed by atoms with Crippen LogP contribution in [-0.2, 0) is 9.59 Å². The second-order valence-electron chi connectivity index (χ2n) is 7.27. The number of nitrogens with zero attached hydrogens (tertiary/aromatic N) is 1. The number of anilines is 2. The standard InChI is InChI=1S/C25H23N3O4S/c1-17-15-21(28(31)32)12-13-23(17)27-25(30)18(2)33-22-10-6-9-20(16-22)26-24(29)14-11-19-7-4-3-5-8-19/h3-16,18H,1-2H3,(H,26,29)(H,27,30)/b14-11+. The van der Waals surface area contributed by atoms with E-state index in [1.165, 1.54) is 36.0 Å². The molecule has 0 aliphatic carbocycles. The van der Waals surface area contributed by atoms with Crippen molar-refractivity contribution in [1.29, 1.82) is 0 Å². The molecule has 2 amide bonds. The minimum atomic E-state index is -0.472. The van der Waals surface area contributed by atoms with Gasteiger partial charge in [0.1, 0.15) is 0 Å². The fourth-order valence-electron chi connectivity index (χ4n) is 2.96. The summed E-state index contributed by atoms with van der Waals surface area (Å²) in [6.07, 6.45) is 3.21. The zero-order valence-electron chi connectivity index (χ0n) is 18.1. The fourth-order valence-corrected chi connectivity index (χ4v) is 3.89. The minimum absolute atomic E-state index is 0.0228. The highest BCUT2D eigenvalue weighted by Crippen LogP contribution is 2.28. The first kappa shape index (κ1) is 23.7. The molecule has 0 saturated heterocycles. The number of nitro groups is 1. The van der Waals surface area contributed by atoms with Crippen LogP contribution >= 0.6 is 11.8 Å². The number of hydrogen-bond donors (Lipinski definition) is 2. The highest BCUT2D eigenvalue weighted by Gasteiger charge is 2.17. The Morgan fingerprint density at radius 3 is 2.45 bits per heavy atom. The van der Waals surface area contributed by atoms with Crippen molar-refractivity contribution in [3.05, 3.63) is 100 Å². The van der Waals surface area contributed by atoms with Crippen LogP contribution in [0.5, 0.6) is 0 Å². The number of amides is 2. The molecule has 0 aliphatic heterocycles. The number of carbonyl (C=O) groups excluding carboxylic acids is 2. The van der Waals surface area contributed by atoms with E-state index in [9.17, 15) is 19.7 Å². The first-order valence-electron chi connectivity index (χ1n) is 10.2. The topological polar surface area (TPSA) is 101 Å². The van der Waals surface area contributed by atoms with E-state index in [1.807, 2.05) is 42.5 Å². The van der Waals surface area contributed by atoms with E-state index in [0.29, 0.717) is 16.9 Å². The van der Waals surface area contributed by atoms with Gasteiger partial charge in [0.2, 0.25) is 11.8 Å². The third kappa shape index (κ3) is 7.05. The largest absolute Gasteiger partial charge is 0.325 e. The zero-order chi connectivity index (χ0) is 23.8. The maximum Gasteiger partial charge on any atom is 0.269 e. The van der Waals surface area contributed by atoms with Crippen molar-refractivity contribution in [1.82, 2.24) is 0 Å². The molecule has 0 saturated carbocycles. The normalized spacial score (nSPS) is 11.7. The summed E-state index contributed by atoms with van der Waals surface area (Å²) in [4.78, 5) is 36.1. The van der Waals surface area contributed by atoms with E-state index < -0.39 is 10.2 Å². The van der Waals surface area contributed by atoms with Crippen LogP contribution < -0.4 is 10.6 Å². The Bertz CT molecular complexity index is 1200. The summed E-state index contributed by atoms with van der Waals surface area (Å²) in [5, 5.41) is 16.1. The molecule has 0 spiro atoms. The van der Waals surface area contributed by atoms with Crippen molar-refractivity contribution in [2.24, 2.45) is 0 Å². The second kappa shape index (κ2) is 11.1. The summed E-state index contributed by atoms with van der Waals surface area (Å²) in [7, 11) is 0. The smallest absolute Gasteiger partial charge is 0.269 e. The monoisotopic (exact) mass is 461 g/mol. The number of hydrogen-bond acceptors (Lipinski definition) is 5. The molecule has 3 rings (SSSR count). The van der Waals surface area contributed by atoms with Crippen molar-refractivity contribution >= 4 is 46.7 Å². The molecule has 8 heteroatoms. The van der Waals surface area contributed by atoms with Crippen LogP contribution in [0.2, 0.25) is 0 Å². The molecule has 7 nitrogen and oxygen atoms in total. The number of carbonyl (C=O) groups is 2. The Hall–Kier alpha value is -3.91. The van der Waals surface area contributed by atoms with Gasteiger partial charge < -0.3 is 10.6 Å². The molecule has 1 atom stereocenters. The number of non-ortho nitro benzene ring substituents is 1. The summed E-state index contributed by atoms with van der Waals surface area (Å²) in [5.41, 5.74) is 2.68. The van der Waals surface area contributed by atoms with Crippen molar-refractivity contribution in [2.45, 2.75) is 24.0 Å². The molecule has 168 valence electrons. The lowest BCUT2D eigenvalue weighted by Crippen LogP contribution is -2.22. The van der Waals surface area contributed by atoms with Gasteiger partial charge in [-0.15, -0.1) is 11.8 Å². The van der Waals surface area contributed by atoms with Gasteiger partial charge in [-0.05, 0) is 55.3 Å². The molecule has 33 heavy (non-hydrogen) atoms. The lowest BCUT2D eigenvalue weighted by molar-refractivity contribution is -0.384. The number of rotatable bonds is 8. The summed E-state index contributed by atoms with van der Waals surface area (Å²) in [6.45, 7) is 3.48. The fraction of sp³-hybridized carbons (Fsp3) is 0.120. The third-order valence-corrected chi connectivity index (χ3v) is 5.78. The van der Waals surface area contributed by atoms with Crippen LogP contribution in [0.1, 0.15) is 18.1 Å². The van der Waals surface area contributed by atoms with Crippen molar-refractivity contribution in [2.75, 3.05) is 10.6 Å². The molecule has 0 aromatic heterocycles. The van der Waals surface area contributed by atoms with Gasteiger partial charge in [0.05, 0.1) is 10.2 Å². The maximum atomic E-state index is 12.6. The van der Waals surface area contributed by atoms with Gasteiger partial charge in [0.25, 0.3) is 5.69 Å². The highest BCUT2D eigenvalue weighted by atomic mass is 32.2. The average Bonchev–Trinajstić information content (AvgIpc) is 2.79. The molecular weight excluding hydrogens is 438 g/mol. The quantitative estimate of drug-likeness (QED) is 0.195. The van der Waals surface area contributed by atoms with E-state index in [0.717, 1.165) is 10.5 Å². The molecule has 1 unspecified atom stereocenters. The zero-order valence-corrected chi connectivity index (χ0v) is 19.0. The van der Waals surface area contributed by atoms with E-state index in [1.54, 1.807) is 32.1 Å². The van der Waals surface area contributed by atoms with Crippen LogP contribution in [0.4, 0.5) is 17.1 Å². The Labute approximate surface area is 196 Å². The SMILES string of the molecule is Cc1cc([N+](=O)[O-])ccc1NC(=O)C(C)Sc1cccc(NC(=O)/C=C/c2ccccc2)c1. The first-order chi connectivity index (χ1) is 15.8. The van der Waals surface area contributed by atoms with E-state index in [4.69, 9.17) is 0 Å². The Kier molecular flexibility index (Phi) is 7.99. The summed E-state index contributed by atoms with van der Waals surface area (Å²) < 4.78 is 0. The highest BCUT2D eigenvalue weighted by molar-refractivity contribution is 8.00. The number of nitrogens with one attached hydrogen (secondary N) is 2. The second-order valence-corrected chi connectivity index (χ2v) is 8.68. The molecule has 0 aliphatic rings. The van der Waals surface area contributed by atoms with Gasteiger partial charge in [-0.25, -0.2) is 0 Å².